The van der Waals surface area contributed by atoms with Crippen molar-refractivity contribution in [2.75, 3.05) is 11.9 Å². The molecule has 0 fully saturated rings. The van der Waals surface area contributed by atoms with Crippen LogP contribution in [0.15, 0.2) is 48.5 Å². The van der Waals surface area contributed by atoms with Gasteiger partial charge in [0.05, 0.1) is 18.7 Å². The van der Waals surface area contributed by atoms with Crippen LogP contribution in [0.25, 0.3) is 0 Å². The monoisotopic (exact) mass is 475 g/mol. The lowest BCUT2D eigenvalue weighted by Gasteiger charge is -2.19. The number of anilines is 1. The average Bonchev–Trinajstić information content (AvgIpc) is 2.76. The molecule has 0 aliphatic carbocycles. The highest BCUT2D eigenvalue weighted by molar-refractivity contribution is 6.31. The molecular weight excluding hydrogens is 451 g/mol. The van der Waals surface area contributed by atoms with Crippen LogP contribution in [0.1, 0.15) is 33.6 Å². The Kier molecular flexibility index (Phi) is 7.64. The Balaban J connectivity index is 1.69. The third-order valence-corrected chi connectivity index (χ3v) is 5.72. The van der Waals surface area contributed by atoms with Gasteiger partial charge in [-0.3, -0.25) is 9.78 Å². The maximum atomic E-state index is 15.0. The molecule has 0 saturated heterocycles. The van der Waals surface area contributed by atoms with Crippen molar-refractivity contribution in [2.45, 2.75) is 39.7 Å². The molecule has 33 heavy (non-hydrogen) atoms. The van der Waals surface area contributed by atoms with Crippen LogP contribution in [-0.4, -0.2) is 17.4 Å². The molecule has 1 amide bonds. The molecule has 2 N–H and O–H groups in total. The summed E-state index contributed by atoms with van der Waals surface area (Å²) in [6.07, 6.45) is -0.327. The molecule has 0 saturated carbocycles. The minimum atomic E-state index is -3.21. The van der Waals surface area contributed by atoms with Gasteiger partial charge in [-0.05, 0) is 50.1 Å². The fraction of sp³-hybridized carbons (Fsp3) is 0.280. The zero-order chi connectivity index (χ0) is 24.2. The standard InChI is InChI=1S/C25H25ClF3N3O/c1-15-11-16(2)32-17(3)20(15)13-30-23(33)12-19-21(26)9-10-22(24(19)27)31-14-25(28,29)18-7-5-4-6-8-18/h4-11,31H,12-14H2,1-3H3,(H,30,33). The summed E-state index contributed by atoms with van der Waals surface area (Å²) in [5.74, 6) is -4.48. The Labute approximate surface area is 196 Å². The molecule has 0 unspecified atom stereocenters. The SMILES string of the molecule is Cc1cc(C)c(CNC(=O)Cc2c(Cl)ccc(NCC(F)(F)c3ccccc3)c2F)c(C)n1. The zero-order valence-corrected chi connectivity index (χ0v) is 19.4. The number of carbonyl (C=O) groups is 1. The fourth-order valence-electron chi connectivity index (χ4n) is 3.61. The number of aromatic nitrogens is 1. The molecule has 1 heterocycles. The van der Waals surface area contributed by atoms with Crippen molar-refractivity contribution in [3.8, 4) is 0 Å². The van der Waals surface area contributed by atoms with E-state index in [9.17, 15) is 13.6 Å². The van der Waals surface area contributed by atoms with Crippen LogP contribution in [0.4, 0.5) is 18.9 Å². The highest BCUT2D eigenvalue weighted by Gasteiger charge is 2.31. The van der Waals surface area contributed by atoms with Crippen molar-refractivity contribution in [1.29, 1.82) is 0 Å². The first kappa shape index (κ1) is 24.6. The van der Waals surface area contributed by atoms with Gasteiger partial charge in [0, 0.05) is 34.1 Å². The summed E-state index contributed by atoms with van der Waals surface area (Å²) in [4.78, 5) is 16.9. The molecule has 0 bridgehead atoms. The maximum Gasteiger partial charge on any atom is 0.290 e. The summed E-state index contributed by atoms with van der Waals surface area (Å²) < 4.78 is 43.9. The van der Waals surface area contributed by atoms with Gasteiger partial charge in [-0.2, -0.15) is 8.78 Å². The third-order valence-electron chi connectivity index (χ3n) is 5.36. The Morgan fingerprint density at radius 3 is 2.42 bits per heavy atom. The van der Waals surface area contributed by atoms with Gasteiger partial charge in [0.1, 0.15) is 0 Å². The summed E-state index contributed by atoms with van der Waals surface area (Å²) in [7, 11) is 0. The van der Waals surface area contributed by atoms with E-state index in [2.05, 4.69) is 15.6 Å². The summed E-state index contributed by atoms with van der Waals surface area (Å²) in [5.41, 5.74) is 3.19. The summed E-state index contributed by atoms with van der Waals surface area (Å²) in [6, 6.07) is 11.9. The highest BCUT2D eigenvalue weighted by Crippen LogP contribution is 2.31. The van der Waals surface area contributed by atoms with E-state index >= 15 is 4.39 Å². The molecule has 3 rings (SSSR count). The van der Waals surface area contributed by atoms with E-state index in [-0.39, 0.29) is 34.8 Å². The largest absolute Gasteiger partial charge is 0.376 e. The van der Waals surface area contributed by atoms with Crippen molar-refractivity contribution in [1.82, 2.24) is 10.3 Å². The van der Waals surface area contributed by atoms with Crippen molar-refractivity contribution >= 4 is 23.2 Å². The topological polar surface area (TPSA) is 54.0 Å². The van der Waals surface area contributed by atoms with Gasteiger partial charge >= 0.3 is 0 Å². The van der Waals surface area contributed by atoms with Crippen LogP contribution in [0.3, 0.4) is 0 Å². The van der Waals surface area contributed by atoms with Crippen molar-refractivity contribution in [3.05, 3.63) is 93.0 Å². The zero-order valence-electron chi connectivity index (χ0n) is 18.6. The molecule has 1 aromatic heterocycles. The number of benzene rings is 2. The molecule has 4 nitrogen and oxygen atoms in total. The second-order valence-corrected chi connectivity index (χ2v) is 8.32. The molecule has 3 aromatic rings. The van der Waals surface area contributed by atoms with E-state index in [1.54, 1.807) is 6.07 Å². The molecule has 2 aromatic carbocycles. The van der Waals surface area contributed by atoms with E-state index in [4.69, 9.17) is 11.6 Å². The minimum absolute atomic E-state index is 0.0485. The Morgan fingerprint density at radius 1 is 1.06 bits per heavy atom. The predicted molar refractivity (Wildman–Crippen MR) is 124 cm³/mol. The van der Waals surface area contributed by atoms with Crippen molar-refractivity contribution < 1.29 is 18.0 Å². The lowest BCUT2D eigenvalue weighted by molar-refractivity contribution is -0.120. The van der Waals surface area contributed by atoms with E-state index in [0.29, 0.717) is 0 Å². The number of nitrogens with zero attached hydrogens (tertiary/aromatic N) is 1. The van der Waals surface area contributed by atoms with Gasteiger partial charge in [0.2, 0.25) is 5.91 Å². The first-order chi connectivity index (χ1) is 15.6. The Morgan fingerprint density at radius 2 is 1.76 bits per heavy atom. The molecule has 0 aliphatic heterocycles. The normalized spacial score (nSPS) is 11.4. The number of carbonyl (C=O) groups excluding carboxylic acids is 1. The van der Waals surface area contributed by atoms with E-state index in [1.807, 2.05) is 26.8 Å². The number of halogens is 4. The number of hydrogen-bond acceptors (Lipinski definition) is 3. The summed E-state index contributed by atoms with van der Waals surface area (Å²) >= 11 is 6.11. The van der Waals surface area contributed by atoms with Crippen LogP contribution in [-0.2, 0) is 23.7 Å². The number of amides is 1. The molecule has 0 radical (unpaired) electrons. The molecule has 8 heteroatoms. The van der Waals surface area contributed by atoms with E-state index in [0.717, 1.165) is 22.5 Å². The van der Waals surface area contributed by atoms with Gasteiger partial charge in [0.15, 0.2) is 5.82 Å². The summed E-state index contributed by atoms with van der Waals surface area (Å²) in [6.45, 7) is 5.12. The highest BCUT2D eigenvalue weighted by atomic mass is 35.5. The second-order valence-electron chi connectivity index (χ2n) is 7.91. The number of hydrogen-bond donors (Lipinski definition) is 2. The van der Waals surface area contributed by atoms with Gasteiger partial charge < -0.3 is 10.6 Å². The molecule has 174 valence electrons. The van der Waals surface area contributed by atoms with Crippen molar-refractivity contribution in [2.24, 2.45) is 0 Å². The predicted octanol–water partition coefficient (Wildman–Crippen LogP) is 5.86. The lowest BCUT2D eigenvalue weighted by atomic mass is 10.1. The Hall–Kier alpha value is -3.06. The van der Waals surface area contributed by atoms with Crippen LogP contribution in [0.2, 0.25) is 5.02 Å². The summed E-state index contributed by atoms with van der Waals surface area (Å²) in [5, 5.41) is 5.25. The first-order valence-corrected chi connectivity index (χ1v) is 10.8. The van der Waals surface area contributed by atoms with Crippen LogP contribution < -0.4 is 10.6 Å². The molecule has 0 aliphatic rings. The number of rotatable bonds is 8. The van der Waals surface area contributed by atoms with E-state index < -0.39 is 24.2 Å². The van der Waals surface area contributed by atoms with Gasteiger partial charge in [0.25, 0.3) is 5.92 Å². The maximum absolute atomic E-state index is 15.0. The molecular formula is C25H25ClF3N3O. The number of pyridine rings is 1. The Bertz CT molecular complexity index is 1130. The van der Waals surface area contributed by atoms with Gasteiger partial charge in [-0.1, -0.05) is 41.9 Å². The van der Waals surface area contributed by atoms with Crippen LogP contribution >= 0.6 is 11.6 Å². The number of aryl methyl sites for hydroxylation is 3. The smallest absolute Gasteiger partial charge is 0.290 e. The average molecular weight is 476 g/mol. The van der Waals surface area contributed by atoms with Crippen LogP contribution in [0, 0.1) is 26.6 Å². The third kappa shape index (κ3) is 6.05. The molecule has 0 spiro atoms. The minimum Gasteiger partial charge on any atom is -0.376 e. The van der Waals surface area contributed by atoms with E-state index in [1.165, 1.54) is 36.4 Å². The second kappa shape index (κ2) is 10.3. The number of alkyl halides is 2. The van der Waals surface area contributed by atoms with Crippen molar-refractivity contribution in [3.63, 3.8) is 0 Å². The lowest BCUT2D eigenvalue weighted by Crippen LogP contribution is -2.27. The first-order valence-electron chi connectivity index (χ1n) is 10.4. The number of nitrogens with one attached hydrogen (secondary N) is 2. The fourth-order valence-corrected chi connectivity index (χ4v) is 3.83. The van der Waals surface area contributed by atoms with Gasteiger partial charge in [-0.25, -0.2) is 4.39 Å². The quantitative estimate of drug-likeness (QED) is 0.429. The molecule has 0 atom stereocenters. The van der Waals surface area contributed by atoms with Gasteiger partial charge in [-0.15, -0.1) is 0 Å². The van der Waals surface area contributed by atoms with Crippen LogP contribution in [0.5, 0.6) is 0 Å².